The molecule has 4 heteroatoms. The first-order valence-corrected chi connectivity index (χ1v) is 4.52. The van der Waals surface area contributed by atoms with Gasteiger partial charge in [0.1, 0.15) is 0 Å². The van der Waals surface area contributed by atoms with E-state index in [1.807, 2.05) is 27.8 Å². The van der Waals surface area contributed by atoms with Gasteiger partial charge < -0.3 is 9.67 Å². The minimum absolute atomic E-state index is 0.293. The zero-order valence-corrected chi connectivity index (χ0v) is 8.79. The predicted molar refractivity (Wildman–Crippen MR) is 54.4 cm³/mol. The van der Waals surface area contributed by atoms with Gasteiger partial charge in [-0.3, -0.25) is 0 Å². The quantitative estimate of drug-likeness (QED) is 0.688. The van der Waals surface area contributed by atoms with Gasteiger partial charge in [-0.05, 0) is 20.8 Å². The van der Waals surface area contributed by atoms with Gasteiger partial charge in [-0.2, -0.15) is 10.2 Å². The topological polar surface area (TPSA) is 50.9 Å². The van der Waals surface area contributed by atoms with E-state index in [1.54, 1.807) is 4.57 Å². The van der Waals surface area contributed by atoms with E-state index in [0.717, 1.165) is 27.9 Å². The van der Waals surface area contributed by atoms with Gasteiger partial charge in [-0.25, -0.2) is 0 Å². The van der Waals surface area contributed by atoms with Crippen molar-refractivity contribution < 1.29 is 5.11 Å². The van der Waals surface area contributed by atoms with Gasteiger partial charge >= 0.3 is 0 Å². The van der Waals surface area contributed by atoms with E-state index < -0.39 is 0 Å². The molecule has 2 aromatic rings. The Morgan fingerprint density at radius 3 is 2.21 bits per heavy atom. The smallest absolute Gasteiger partial charge is 0.194 e. The van der Waals surface area contributed by atoms with Crippen LogP contribution < -0.4 is 0 Å². The number of fused-ring (bicyclic) bond motifs is 1. The minimum atomic E-state index is 0.293. The zero-order chi connectivity index (χ0) is 10.5. The van der Waals surface area contributed by atoms with E-state index in [1.165, 1.54) is 0 Å². The molecule has 0 aliphatic rings. The van der Waals surface area contributed by atoms with Crippen molar-refractivity contribution in [3.63, 3.8) is 0 Å². The normalized spacial score (nSPS) is 11.1. The van der Waals surface area contributed by atoms with Gasteiger partial charge in [0, 0.05) is 18.0 Å². The molecule has 0 aliphatic carbocycles. The molecule has 1 N–H and O–H groups in total. The zero-order valence-electron chi connectivity index (χ0n) is 8.79. The van der Waals surface area contributed by atoms with Crippen LogP contribution in [0.2, 0.25) is 0 Å². The van der Waals surface area contributed by atoms with Crippen molar-refractivity contribution >= 4 is 10.9 Å². The van der Waals surface area contributed by atoms with E-state index >= 15 is 0 Å². The molecule has 0 saturated carbocycles. The highest BCUT2D eigenvalue weighted by Crippen LogP contribution is 2.31. The highest BCUT2D eigenvalue weighted by molar-refractivity contribution is 5.89. The van der Waals surface area contributed by atoms with Crippen molar-refractivity contribution in [3.05, 3.63) is 17.0 Å². The van der Waals surface area contributed by atoms with E-state index in [-0.39, 0.29) is 0 Å². The maximum absolute atomic E-state index is 9.79. The van der Waals surface area contributed by atoms with Crippen LogP contribution >= 0.6 is 0 Å². The summed E-state index contributed by atoms with van der Waals surface area (Å²) in [5, 5.41) is 18.9. The maximum atomic E-state index is 9.79. The molecule has 2 rings (SSSR count). The predicted octanol–water partition coefficient (Wildman–Crippen LogP) is 1.60. The molecule has 0 saturated heterocycles. The van der Waals surface area contributed by atoms with Crippen molar-refractivity contribution in [2.24, 2.45) is 7.05 Å². The van der Waals surface area contributed by atoms with Gasteiger partial charge in [0.05, 0.1) is 16.9 Å². The first kappa shape index (κ1) is 8.99. The largest absolute Gasteiger partial charge is 0.494 e. The van der Waals surface area contributed by atoms with Crippen LogP contribution in [-0.4, -0.2) is 19.9 Å². The van der Waals surface area contributed by atoms with E-state index in [9.17, 15) is 5.11 Å². The summed E-state index contributed by atoms with van der Waals surface area (Å²) < 4.78 is 1.75. The van der Waals surface area contributed by atoms with Crippen LogP contribution in [0.1, 0.15) is 17.0 Å². The SMILES string of the molecule is Cc1nnc(C)c2c1c(C)c(O)n2C. The van der Waals surface area contributed by atoms with Crippen LogP contribution in [0.4, 0.5) is 0 Å². The Morgan fingerprint density at radius 2 is 1.64 bits per heavy atom. The molecule has 0 aromatic carbocycles. The van der Waals surface area contributed by atoms with Gasteiger partial charge in [-0.15, -0.1) is 0 Å². The lowest BCUT2D eigenvalue weighted by Gasteiger charge is -2.00. The summed E-state index contributed by atoms with van der Waals surface area (Å²) >= 11 is 0. The number of aryl methyl sites for hydroxylation is 4. The number of aromatic hydroxyl groups is 1. The maximum Gasteiger partial charge on any atom is 0.194 e. The average molecular weight is 191 g/mol. The summed E-state index contributed by atoms with van der Waals surface area (Å²) in [5.74, 6) is 0.293. The molecular weight excluding hydrogens is 178 g/mol. The molecule has 2 aromatic heterocycles. The number of hydrogen-bond donors (Lipinski definition) is 1. The second-order valence-electron chi connectivity index (χ2n) is 3.60. The highest BCUT2D eigenvalue weighted by Gasteiger charge is 2.15. The summed E-state index contributed by atoms with van der Waals surface area (Å²) in [4.78, 5) is 0. The standard InChI is InChI=1S/C10H13N3O/c1-5-8-6(2)11-12-7(3)9(8)13(4)10(5)14/h14H,1-4H3. The molecule has 0 radical (unpaired) electrons. The van der Waals surface area contributed by atoms with Crippen molar-refractivity contribution in [2.75, 3.05) is 0 Å². The van der Waals surface area contributed by atoms with Crippen molar-refractivity contribution in [1.29, 1.82) is 0 Å². The lowest BCUT2D eigenvalue weighted by molar-refractivity contribution is 0.431. The monoisotopic (exact) mass is 191 g/mol. The van der Waals surface area contributed by atoms with E-state index in [2.05, 4.69) is 10.2 Å². The van der Waals surface area contributed by atoms with Crippen LogP contribution in [0.25, 0.3) is 10.9 Å². The van der Waals surface area contributed by atoms with Crippen molar-refractivity contribution in [2.45, 2.75) is 20.8 Å². The van der Waals surface area contributed by atoms with Crippen LogP contribution in [-0.2, 0) is 7.05 Å². The Hall–Kier alpha value is -1.58. The second kappa shape index (κ2) is 2.70. The fraction of sp³-hybridized carbons (Fsp3) is 0.400. The molecular formula is C10H13N3O. The molecule has 4 nitrogen and oxygen atoms in total. The molecule has 0 bridgehead atoms. The van der Waals surface area contributed by atoms with E-state index in [4.69, 9.17) is 0 Å². The van der Waals surface area contributed by atoms with Crippen molar-refractivity contribution in [3.8, 4) is 5.88 Å². The summed E-state index contributed by atoms with van der Waals surface area (Å²) in [6, 6.07) is 0. The molecule has 2 heterocycles. The minimum Gasteiger partial charge on any atom is -0.494 e. The fourth-order valence-corrected chi connectivity index (χ4v) is 1.93. The molecule has 0 atom stereocenters. The third kappa shape index (κ3) is 0.937. The molecule has 0 spiro atoms. The second-order valence-corrected chi connectivity index (χ2v) is 3.60. The molecule has 74 valence electrons. The molecule has 14 heavy (non-hydrogen) atoms. The Labute approximate surface area is 82.2 Å². The first-order valence-electron chi connectivity index (χ1n) is 4.52. The lowest BCUT2D eigenvalue weighted by atomic mass is 10.2. The third-order valence-electron chi connectivity index (χ3n) is 2.65. The van der Waals surface area contributed by atoms with Crippen LogP contribution in [0.5, 0.6) is 5.88 Å². The summed E-state index contributed by atoms with van der Waals surface area (Å²) in [6.45, 7) is 5.70. The number of hydrogen-bond acceptors (Lipinski definition) is 3. The van der Waals surface area contributed by atoms with Gasteiger partial charge in [0.15, 0.2) is 5.88 Å². The molecule has 0 amide bonds. The number of rotatable bonds is 0. The molecule has 0 unspecified atom stereocenters. The van der Waals surface area contributed by atoms with Crippen LogP contribution in [0, 0.1) is 20.8 Å². The Balaban J connectivity index is 3.08. The van der Waals surface area contributed by atoms with Crippen LogP contribution in [0.3, 0.4) is 0 Å². The number of aromatic nitrogens is 3. The molecule has 0 fully saturated rings. The van der Waals surface area contributed by atoms with Crippen LogP contribution in [0.15, 0.2) is 0 Å². The lowest BCUT2D eigenvalue weighted by Crippen LogP contribution is -1.95. The summed E-state index contributed by atoms with van der Waals surface area (Å²) in [6.07, 6.45) is 0. The van der Waals surface area contributed by atoms with Gasteiger partial charge in [0.2, 0.25) is 0 Å². The highest BCUT2D eigenvalue weighted by atomic mass is 16.3. The Morgan fingerprint density at radius 1 is 1.07 bits per heavy atom. The third-order valence-corrected chi connectivity index (χ3v) is 2.65. The molecule has 0 aliphatic heterocycles. The first-order chi connectivity index (χ1) is 6.54. The van der Waals surface area contributed by atoms with Crippen molar-refractivity contribution in [1.82, 2.24) is 14.8 Å². The van der Waals surface area contributed by atoms with Gasteiger partial charge in [-0.1, -0.05) is 0 Å². The summed E-state index contributed by atoms with van der Waals surface area (Å²) in [5.41, 5.74) is 3.54. The van der Waals surface area contributed by atoms with Gasteiger partial charge in [0.25, 0.3) is 0 Å². The summed E-state index contributed by atoms with van der Waals surface area (Å²) in [7, 11) is 1.83. The average Bonchev–Trinajstić information content (AvgIpc) is 2.38. The fourth-order valence-electron chi connectivity index (χ4n) is 1.93. The number of nitrogens with zero attached hydrogens (tertiary/aromatic N) is 3. The Bertz CT molecular complexity index is 469. The Kier molecular flexibility index (Phi) is 1.74. The van der Waals surface area contributed by atoms with E-state index in [0.29, 0.717) is 5.88 Å².